The van der Waals surface area contributed by atoms with Gasteiger partial charge < -0.3 is 10.1 Å². The Morgan fingerprint density at radius 1 is 0.920 bits per heavy atom. The molecule has 146 valence electrons. The fraction of sp³-hybridized carbons (Fsp3) is 0.905. The Bertz CT molecular complexity index is 364. The van der Waals surface area contributed by atoms with E-state index in [1.807, 2.05) is 0 Å². The Balaban J connectivity index is 1.93. The van der Waals surface area contributed by atoms with Crippen molar-refractivity contribution in [1.29, 1.82) is 0 Å². The van der Waals surface area contributed by atoms with Gasteiger partial charge >= 0.3 is 5.97 Å². The van der Waals surface area contributed by atoms with Crippen molar-refractivity contribution in [2.75, 3.05) is 6.61 Å². The summed E-state index contributed by atoms with van der Waals surface area (Å²) in [4.78, 5) is 23.9. The van der Waals surface area contributed by atoms with Crippen molar-refractivity contribution < 1.29 is 14.3 Å². The molecule has 1 amide bonds. The largest absolute Gasteiger partial charge is 0.464 e. The molecule has 0 aromatic heterocycles. The van der Waals surface area contributed by atoms with Crippen molar-refractivity contribution in [1.82, 2.24) is 5.32 Å². The number of carbonyl (C=O) groups is 2. The molecule has 0 bridgehead atoms. The summed E-state index contributed by atoms with van der Waals surface area (Å²) >= 11 is 0. The maximum atomic E-state index is 12.0. The van der Waals surface area contributed by atoms with E-state index in [0.29, 0.717) is 6.61 Å². The number of esters is 1. The van der Waals surface area contributed by atoms with Crippen molar-refractivity contribution in [3.8, 4) is 0 Å². The van der Waals surface area contributed by atoms with Gasteiger partial charge in [0.2, 0.25) is 5.91 Å². The second kappa shape index (κ2) is 14.1. The average Bonchev–Trinajstić information content (AvgIpc) is 3.14. The van der Waals surface area contributed by atoms with E-state index >= 15 is 0 Å². The van der Waals surface area contributed by atoms with Gasteiger partial charge in [0.1, 0.15) is 6.04 Å². The summed E-state index contributed by atoms with van der Waals surface area (Å²) in [7, 11) is 0. The first-order valence-corrected chi connectivity index (χ1v) is 10.6. The molecule has 0 aliphatic heterocycles. The van der Waals surface area contributed by atoms with E-state index in [-0.39, 0.29) is 17.8 Å². The third-order valence-electron chi connectivity index (χ3n) is 5.18. The van der Waals surface area contributed by atoms with Gasteiger partial charge in [-0.15, -0.1) is 0 Å². The smallest absolute Gasteiger partial charge is 0.328 e. The van der Waals surface area contributed by atoms with Gasteiger partial charge in [0, 0.05) is 5.92 Å². The summed E-state index contributed by atoms with van der Waals surface area (Å²) in [6, 6.07) is -0.531. The van der Waals surface area contributed by atoms with Crippen molar-refractivity contribution >= 4 is 11.9 Å². The van der Waals surface area contributed by atoms with E-state index in [2.05, 4.69) is 12.2 Å². The molecule has 1 fully saturated rings. The van der Waals surface area contributed by atoms with Gasteiger partial charge in [-0.3, -0.25) is 4.79 Å². The molecule has 1 aliphatic rings. The van der Waals surface area contributed by atoms with Gasteiger partial charge in [-0.05, 0) is 26.2 Å². The lowest BCUT2D eigenvalue weighted by Gasteiger charge is -2.16. The summed E-state index contributed by atoms with van der Waals surface area (Å²) in [5, 5.41) is 2.80. The van der Waals surface area contributed by atoms with Gasteiger partial charge in [-0.1, -0.05) is 77.6 Å². The Labute approximate surface area is 154 Å². The third kappa shape index (κ3) is 10.5. The number of hydrogen-bond acceptors (Lipinski definition) is 3. The highest BCUT2D eigenvalue weighted by molar-refractivity contribution is 5.85. The van der Waals surface area contributed by atoms with Crippen LogP contribution in [0, 0.1) is 5.92 Å². The van der Waals surface area contributed by atoms with Crippen LogP contribution in [0.4, 0.5) is 0 Å². The van der Waals surface area contributed by atoms with E-state index in [9.17, 15) is 9.59 Å². The first-order chi connectivity index (χ1) is 12.1. The molecule has 1 saturated carbocycles. The lowest BCUT2D eigenvalue weighted by Crippen LogP contribution is -2.42. The maximum Gasteiger partial charge on any atom is 0.328 e. The molecule has 0 saturated heterocycles. The molecule has 1 aliphatic carbocycles. The number of amides is 1. The SMILES string of the molecule is CCCCCCCCCCCCOC(=O)C(C)NC(=O)C1CCCC1. The Kier molecular flexibility index (Phi) is 12.4. The molecular formula is C21H39NO3. The van der Waals surface area contributed by atoms with Crippen LogP contribution < -0.4 is 5.32 Å². The Hall–Kier alpha value is -1.06. The van der Waals surface area contributed by atoms with Crippen LogP contribution in [0.3, 0.4) is 0 Å². The minimum absolute atomic E-state index is 0.0147. The highest BCUT2D eigenvalue weighted by Gasteiger charge is 2.25. The number of rotatable bonds is 14. The van der Waals surface area contributed by atoms with E-state index in [1.165, 1.54) is 51.4 Å². The van der Waals surface area contributed by atoms with Crippen LogP contribution in [0.5, 0.6) is 0 Å². The summed E-state index contributed by atoms with van der Waals surface area (Å²) in [6.07, 6.45) is 16.8. The lowest BCUT2D eigenvalue weighted by molar-refractivity contribution is -0.147. The van der Waals surface area contributed by atoms with Crippen LogP contribution in [-0.2, 0) is 14.3 Å². The molecule has 4 nitrogen and oxygen atoms in total. The van der Waals surface area contributed by atoms with Crippen LogP contribution >= 0.6 is 0 Å². The summed E-state index contributed by atoms with van der Waals surface area (Å²) in [5.74, 6) is -0.194. The lowest BCUT2D eigenvalue weighted by atomic mass is 10.1. The second-order valence-corrected chi connectivity index (χ2v) is 7.56. The number of nitrogens with one attached hydrogen (secondary N) is 1. The first kappa shape index (κ1) is 22.0. The molecule has 0 aromatic carbocycles. The topological polar surface area (TPSA) is 55.4 Å². The van der Waals surface area contributed by atoms with Crippen molar-refractivity contribution in [3.05, 3.63) is 0 Å². The summed E-state index contributed by atoms with van der Waals surface area (Å²) in [5.41, 5.74) is 0. The van der Waals surface area contributed by atoms with Crippen molar-refractivity contribution in [2.45, 2.75) is 110 Å². The van der Waals surface area contributed by atoms with Crippen LogP contribution in [0.25, 0.3) is 0 Å². The van der Waals surface area contributed by atoms with Crippen LogP contribution in [0.1, 0.15) is 104 Å². The van der Waals surface area contributed by atoms with Crippen LogP contribution in [0.2, 0.25) is 0 Å². The molecule has 0 heterocycles. The summed E-state index contributed by atoms with van der Waals surface area (Å²) < 4.78 is 5.29. The first-order valence-electron chi connectivity index (χ1n) is 10.6. The summed E-state index contributed by atoms with van der Waals surface area (Å²) in [6.45, 7) is 4.43. The van der Waals surface area contributed by atoms with Gasteiger partial charge in [-0.25, -0.2) is 4.79 Å². The van der Waals surface area contributed by atoms with Crippen LogP contribution in [-0.4, -0.2) is 24.5 Å². The van der Waals surface area contributed by atoms with Crippen molar-refractivity contribution in [3.63, 3.8) is 0 Å². The quantitative estimate of drug-likeness (QED) is 0.347. The van der Waals surface area contributed by atoms with Crippen molar-refractivity contribution in [2.24, 2.45) is 5.92 Å². The Morgan fingerprint density at radius 2 is 1.44 bits per heavy atom. The number of carbonyl (C=O) groups excluding carboxylic acids is 2. The molecule has 25 heavy (non-hydrogen) atoms. The van der Waals surface area contributed by atoms with Gasteiger partial charge in [0.15, 0.2) is 0 Å². The van der Waals surface area contributed by atoms with E-state index < -0.39 is 6.04 Å². The predicted octanol–water partition coefficient (Wildman–Crippen LogP) is 5.15. The minimum atomic E-state index is -0.531. The van der Waals surface area contributed by atoms with Gasteiger partial charge in [0.25, 0.3) is 0 Å². The number of ether oxygens (including phenoxy) is 1. The normalized spacial score (nSPS) is 15.9. The molecule has 1 rings (SSSR count). The average molecular weight is 354 g/mol. The zero-order valence-electron chi connectivity index (χ0n) is 16.5. The number of hydrogen-bond donors (Lipinski definition) is 1. The highest BCUT2D eigenvalue weighted by Crippen LogP contribution is 2.24. The zero-order valence-corrected chi connectivity index (χ0v) is 16.5. The van der Waals surface area contributed by atoms with Gasteiger partial charge in [0.05, 0.1) is 6.61 Å². The molecule has 0 spiro atoms. The fourth-order valence-corrected chi connectivity index (χ4v) is 3.47. The Morgan fingerprint density at radius 3 is 2.00 bits per heavy atom. The molecule has 1 atom stereocenters. The predicted molar refractivity (Wildman–Crippen MR) is 102 cm³/mol. The highest BCUT2D eigenvalue weighted by atomic mass is 16.5. The molecule has 1 N–H and O–H groups in total. The fourth-order valence-electron chi connectivity index (χ4n) is 3.47. The van der Waals surface area contributed by atoms with E-state index in [0.717, 1.165) is 38.5 Å². The zero-order chi connectivity index (χ0) is 18.3. The van der Waals surface area contributed by atoms with E-state index in [1.54, 1.807) is 6.92 Å². The second-order valence-electron chi connectivity index (χ2n) is 7.56. The van der Waals surface area contributed by atoms with E-state index in [4.69, 9.17) is 4.74 Å². The number of unbranched alkanes of at least 4 members (excludes halogenated alkanes) is 9. The molecular weight excluding hydrogens is 314 g/mol. The van der Waals surface area contributed by atoms with Gasteiger partial charge in [-0.2, -0.15) is 0 Å². The molecule has 4 heteroatoms. The molecule has 0 radical (unpaired) electrons. The molecule has 0 aromatic rings. The third-order valence-corrected chi connectivity index (χ3v) is 5.18. The maximum absolute atomic E-state index is 12.0. The van der Waals surface area contributed by atoms with Crippen LogP contribution in [0.15, 0.2) is 0 Å². The standard InChI is InChI=1S/C21H39NO3/c1-3-4-5-6-7-8-9-10-11-14-17-25-21(24)18(2)22-20(23)19-15-12-13-16-19/h18-19H,3-17H2,1-2H3,(H,22,23). The molecule has 1 unspecified atom stereocenters. The monoisotopic (exact) mass is 353 g/mol. The minimum Gasteiger partial charge on any atom is -0.464 e.